The van der Waals surface area contributed by atoms with E-state index in [0.717, 1.165) is 39.7 Å². The average Bonchev–Trinajstić information content (AvgIpc) is 2.86. The molecular formula is C23H24N4O3. The summed E-state index contributed by atoms with van der Waals surface area (Å²) >= 11 is 0. The summed E-state index contributed by atoms with van der Waals surface area (Å²) < 4.78 is 0. The highest BCUT2D eigenvalue weighted by Crippen LogP contribution is 2.40. The molecule has 3 aromatic rings. The van der Waals surface area contributed by atoms with Crippen molar-refractivity contribution in [1.82, 2.24) is 4.98 Å². The van der Waals surface area contributed by atoms with E-state index in [1.807, 2.05) is 43.3 Å². The Bertz CT molecular complexity index is 1140. The van der Waals surface area contributed by atoms with Gasteiger partial charge in [-0.05, 0) is 56.7 Å². The van der Waals surface area contributed by atoms with Crippen LogP contribution in [0.2, 0.25) is 0 Å². The molecule has 0 atom stereocenters. The summed E-state index contributed by atoms with van der Waals surface area (Å²) in [7, 11) is 0. The van der Waals surface area contributed by atoms with Gasteiger partial charge in [-0.15, -0.1) is 0 Å². The van der Waals surface area contributed by atoms with Gasteiger partial charge >= 0.3 is 5.97 Å². The third-order valence-corrected chi connectivity index (χ3v) is 5.41. The summed E-state index contributed by atoms with van der Waals surface area (Å²) in [5.74, 6) is -0.716. The van der Waals surface area contributed by atoms with Crippen LogP contribution in [0.3, 0.4) is 0 Å². The first kappa shape index (κ1) is 19.6. The zero-order chi connectivity index (χ0) is 21.5. The molecule has 4 rings (SSSR count). The molecule has 154 valence electrons. The van der Waals surface area contributed by atoms with Gasteiger partial charge in [-0.2, -0.15) is 0 Å². The Morgan fingerprint density at radius 1 is 1.07 bits per heavy atom. The third kappa shape index (κ3) is 3.61. The molecular weight excluding hydrogens is 380 g/mol. The topological polar surface area (TPSA) is 107 Å². The van der Waals surface area contributed by atoms with Crippen molar-refractivity contribution in [2.24, 2.45) is 0 Å². The van der Waals surface area contributed by atoms with Crippen molar-refractivity contribution in [3.8, 4) is 5.75 Å². The zero-order valence-corrected chi connectivity index (χ0v) is 17.1. The van der Waals surface area contributed by atoms with E-state index in [9.17, 15) is 15.0 Å². The molecule has 7 heteroatoms. The van der Waals surface area contributed by atoms with Crippen molar-refractivity contribution in [1.29, 1.82) is 0 Å². The zero-order valence-electron chi connectivity index (χ0n) is 17.1. The summed E-state index contributed by atoms with van der Waals surface area (Å²) in [5, 5.41) is 30.1. The molecule has 7 nitrogen and oxygen atoms in total. The smallest absolute Gasteiger partial charge is 0.313 e. The Morgan fingerprint density at radius 2 is 1.87 bits per heavy atom. The van der Waals surface area contributed by atoms with Crippen LogP contribution < -0.4 is 16.0 Å². The van der Waals surface area contributed by atoms with Crippen molar-refractivity contribution in [2.45, 2.75) is 32.7 Å². The first-order chi connectivity index (χ1) is 14.2. The maximum atomic E-state index is 11.6. The third-order valence-electron chi connectivity index (χ3n) is 5.41. The van der Waals surface area contributed by atoms with Crippen molar-refractivity contribution >= 4 is 34.4 Å². The number of aliphatic carboxylic acids is 1. The largest absolute Gasteiger partial charge is 0.507 e. The van der Waals surface area contributed by atoms with E-state index in [4.69, 9.17) is 0 Å². The summed E-state index contributed by atoms with van der Waals surface area (Å²) in [4.78, 5) is 15.8. The molecule has 0 unspecified atom stereocenters. The molecule has 0 radical (unpaired) electrons. The number of hydrogen-bond donors (Lipinski definition) is 5. The molecule has 5 N–H and O–H groups in total. The Balaban J connectivity index is 1.67. The normalized spacial score (nSPS) is 12.6. The lowest BCUT2D eigenvalue weighted by atomic mass is 9.84. The highest BCUT2D eigenvalue weighted by Gasteiger charge is 2.30. The quantitative estimate of drug-likeness (QED) is 0.422. The summed E-state index contributed by atoms with van der Waals surface area (Å²) in [5.41, 5.74) is 5.35. The molecule has 1 aliphatic heterocycles. The Hall–Kier alpha value is -3.74. The van der Waals surface area contributed by atoms with Crippen LogP contribution >= 0.6 is 0 Å². The Morgan fingerprint density at radius 3 is 2.60 bits per heavy atom. The number of phenolic OH excluding ortho intramolecular Hbond substituents is 1. The number of aromatic hydroxyl groups is 1. The number of anilines is 5. The van der Waals surface area contributed by atoms with E-state index >= 15 is 0 Å². The van der Waals surface area contributed by atoms with Crippen molar-refractivity contribution in [3.63, 3.8) is 0 Å². The SMILES string of the molecule is Cc1cc(Nc2cc(O)c3c(c2)Nc2ccc(C(C)(C)C(=O)O)cc2NC3)ccn1. The molecule has 0 saturated heterocycles. The van der Waals surface area contributed by atoms with E-state index < -0.39 is 11.4 Å². The van der Waals surface area contributed by atoms with Crippen molar-refractivity contribution < 1.29 is 15.0 Å². The number of aromatic nitrogens is 1. The number of nitrogens with zero attached hydrogens (tertiary/aromatic N) is 1. The van der Waals surface area contributed by atoms with Gasteiger partial charge in [-0.25, -0.2) is 0 Å². The molecule has 1 aromatic heterocycles. The number of phenols is 1. The predicted octanol–water partition coefficient (Wildman–Crippen LogP) is 4.87. The van der Waals surface area contributed by atoms with Crippen LogP contribution in [-0.4, -0.2) is 21.2 Å². The van der Waals surface area contributed by atoms with Crippen LogP contribution in [0.4, 0.5) is 28.4 Å². The lowest BCUT2D eigenvalue weighted by Crippen LogP contribution is -2.28. The minimum Gasteiger partial charge on any atom is -0.507 e. The van der Waals surface area contributed by atoms with Gasteiger partial charge in [0.2, 0.25) is 0 Å². The lowest BCUT2D eigenvalue weighted by molar-refractivity contribution is -0.142. The molecule has 1 aliphatic rings. The lowest BCUT2D eigenvalue weighted by Gasteiger charge is -2.21. The minimum atomic E-state index is -1.00. The van der Waals surface area contributed by atoms with Gasteiger partial charge in [0.1, 0.15) is 5.75 Å². The van der Waals surface area contributed by atoms with Gasteiger partial charge in [-0.1, -0.05) is 6.07 Å². The predicted molar refractivity (Wildman–Crippen MR) is 118 cm³/mol. The maximum absolute atomic E-state index is 11.6. The molecule has 30 heavy (non-hydrogen) atoms. The van der Waals surface area contributed by atoms with Crippen LogP contribution in [0.25, 0.3) is 0 Å². The number of carbonyl (C=O) groups is 1. The second kappa shape index (κ2) is 7.26. The van der Waals surface area contributed by atoms with E-state index in [1.165, 1.54) is 0 Å². The monoisotopic (exact) mass is 404 g/mol. The van der Waals surface area contributed by atoms with Gasteiger partial charge in [-0.3, -0.25) is 9.78 Å². The van der Waals surface area contributed by atoms with E-state index in [-0.39, 0.29) is 5.75 Å². The number of carboxylic acids is 1. The minimum absolute atomic E-state index is 0.166. The average molecular weight is 404 g/mol. The number of carboxylic acid groups (broad SMARTS) is 1. The van der Waals surface area contributed by atoms with Gasteiger partial charge in [0.25, 0.3) is 0 Å². The van der Waals surface area contributed by atoms with E-state index in [2.05, 4.69) is 20.9 Å². The second-order valence-corrected chi connectivity index (χ2v) is 8.00. The molecule has 0 amide bonds. The van der Waals surface area contributed by atoms with E-state index in [1.54, 1.807) is 26.1 Å². The van der Waals surface area contributed by atoms with Crippen molar-refractivity contribution in [2.75, 3.05) is 16.0 Å². The standard InChI is InChI=1S/C23H24N4O3/c1-13-8-15(6-7-24-13)26-16-10-19-17(21(28)11-16)12-25-20-9-14(4-5-18(20)27-19)23(2,3)22(29)30/h4-11,25,27-28H,12H2,1-3H3,(H,24,26)(H,29,30). The maximum Gasteiger partial charge on any atom is 0.313 e. The first-order valence-corrected chi connectivity index (χ1v) is 9.68. The number of hydrogen-bond acceptors (Lipinski definition) is 6. The fourth-order valence-corrected chi connectivity index (χ4v) is 3.46. The van der Waals surface area contributed by atoms with Crippen molar-refractivity contribution in [3.05, 3.63) is 65.5 Å². The second-order valence-electron chi connectivity index (χ2n) is 8.00. The number of aryl methyl sites for hydroxylation is 1. The number of benzene rings is 2. The highest BCUT2D eigenvalue weighted by atomic mass is 16.4. The van der Waals surface area contributed by atoms with Crippen LogP contribution in [0.5, 0.6) is 5.75 Å². The molecule has 0 aliphatic carbocycles. The van der Waals surface area contributed by atoms with Crippen LogP contribution in [-0.2, 0) is 16.8 Å². The Labute approximate surface area is 174 Å². The fourth-order valence-electron chi connectivity index (χ4n) is 3.46. The van der Waals surface area contributed by atoms with Gasteiger partial charge in [0.05, 0.1) is 16.8 Å². The summed E-state index contributed by atoms with van der Waals surface area (Å²) in [6.07, 6.45) is 1.73. The number of rotatable bonds is 4. The molecule has 2 aromatic carbocycles. The summed E-state index contributed by atoms with van der Waals surface area (Å²) in [6, 6.07) is 12.9. The molecule has 0 saturated carbocycles. The molecule has 0 spiro atoms. The van der Waals surface area contributed by atoms with Crippen LogP contribution in [0.15, 0.2) is 48.7 Å². The fraction of sp³-hybridized carbons (Fsp3) is 0.217. The molecule has 2 heterocycles. The van der Waals surface area contributed by atoms with Crippen LogP contribution in [0.1, 0.15) is 30.7 Å². The van der Waals surface area contributed by atoms with Gasteiger partial charge in [0.15, 0.2) is 0 Å². The highest BCUT2D eigenvalue weighted by molar-refractivity contribution is 5.85. The number of nitrogens with one attached hydrogen (secondary N) is 3. The van der Waals surface area contributed by atoms with Crippen LogP contribution in [0, 0.1) is 6.92 Å². The summed E-state index contributed by atoms with van der Waals surface area (Å²) in [6.45, 7) is 5.69. The molecule has 0 fully saturated rings. The van der Waals surface area contributed by atoms with Gasteiger partial charge < -0.3 is 26.2 Å². The Kier molecular flexibility index (Phi) is 4.73. The van der Waals surface area contributed by atoms with Gasteiger partial charge in [0, 0.05) is 47.1 Å². The van der Waals surface area contributed by atoms with E-state index in [0.29, 0.717) is 12.1 Å². The number of pyridine rings is 1. The number of fused-ring (bicyclic) bond motifs is 2. The molecule has 0 bridgehead atoms. The first-order valence-electron chi connectivity index (χ1n) is 9.68.